The Labute approximate surface area is 168 Å². The molecule has 27 heavy (non-hydrogen) atoms. The quantitative estimate of drug-likeness (QED) is 0.709. The summed E-state index contributed by atoms with van der Waals surface area (Å²) < 4.78 is 7.44. The molecular formula is C18H24ClN5O2S. The normalized spacial score (nSPS) is 15.6. The number of nitrogens with zero attached hydrogens (tertiary/aromatic N) is 4. The van der Waals surface area contributed by atoms with E-state index < -0.39 is 0 Å². The van der Waals surface area contributed by atoms with Crippen molar-refractivity contribution in [2.24, 2.45) is 0 Å². The van der Waals surface area contributed by atoms with Crippen molar-refractivity contribution in [1.82, 2.24) is 20.1 Å². The van der Waals surface area contributed by atoms with Gasteiger partial charge in [0, 0.05) is 24.7 Å². The number of morpholine rings is 1. The molecule has 1 aliphatic heterocycles. The van der Waals surface area contributed by atoms with Gasteiger partial charge in [0.05, 0.1) is 25.0 Å². The second-order valence-electron chi connectivity index (χ2n) is 6.23. The Kier molecular flexibility index (Phi) is 6.98. The van der Waals surface area contributed by atoms with E-state index in [2.05, 4.69) is 27.3 Å². The summed E-state index contributed by atoms with van der Waals surface area (Å²) in [5.74, 6) is 1.05. The van der Waals surface area contributed by atoms with Gasteiger partial charge >= 0.3 is 0 Å². The average molecular weight is 410 g/mol. The molecule has 2 aromatic rings. The number of amides is 1. The number of carbonyl (C=O) groups excluding carboxylic acids is 1. The van der Waals surface area contributed by atoms with Crippen molar-refractivity contribution in [2.45, 2.75) is 31.6 Å². The summed E-state index contributed by atoms with van der Waals surface area (Å²) in [5.41, 5.74) is 0.906. The molecule has 1 aromatic carbocycles. The first-order valence-electron chi connectivity index (χ1n) is 9.02. The third-order valence-corrected chi connectivity index (χ3v) is 5.70. The van der Waals surface area contributed by atoms with E-state index >= 15 is 0 Å². The maximum Gasteiger partial charge on any atom is 0.230 e. The number of thioether (sulfide) groups is 1. The monoisotopic (exact) mass is 409 g/mol. The van der Waals surface area contributed by atoms with E-state index in [-0.39, 0.29) is 17.7 Å². The number of anilines is 1. The molecule has 1 fully saturated rings. The van der Waals surface area contributed by atoms with Crippen LogP contribution in [0.15, 0.2) is 29.4 Å². The number of nitrogens with one attached hydrogen (secondary N) is 1. The third-order valence-electron chi connectivity index (χ3n) is 4.39. The lowest BCUT2D eigenvalue weighted by atomic mass is 10.1. The summed E-state index contributed by atoms with van der Waals surface area (Å²) in [6, 6.07) is 7.38. The highest BCUT2D eigenvalue weighted by molar-refractivity contribution is 7.99. The lowest BCUT2D eigenvalue weighted by Crippen LogP contribution is -2.38. The van der Waals surface area contributed by atoms with Crippen LogP contribution >= 0.6 is 23.4 Å². The number of carbonyl (C=O) groups is 1. The first-order valence-corrected chi connectivity index (χ1v) is 10.4. The van der Waals surface area contributed by atoms with Crippen molar-refractivity contribution in [2.75, 3.05) is 37.0 Å². The fourth-order valence-electron chi connectivity index (χ4n) is 2.98. The number of halogens is 1. The number of benzene rings is 1. The van der Waals surface area contributed by atoms with Gasteiger partial charge in [-0.3, -0.25) is 9.36 Å². The van der Waals surface area contributed by atoms with E-state index in [1.54, 1.807) is 0 Å². The summed E-state index contributed by atoms with van der Waals surface area (Å²) >= 11 is 7.59. The predicted molar refractivity (Wildman–Crippen MR) is 107 cm³/mol. The molecule has 1 atom stereocenters. The summed E-state index contributed by atoms with van der Waals surface area (Å²) in [5, 5.41) is 13.0. The fourth-order valence-corrected chi connectivity index (χ4v) is 4.09. The van der Waals surface area contributed by atoms with Crippen LogP contribution in [0.3, 0.4) is 0 Å². The Morgan fingerprint density at radius 1 is 1.33 bits per heavy atom. The van der Waals surface area contributed by atoms with Crippen LogP contribution in [0, 0.1) is 0 Å². The third kappa shape index (κ3) is 4.94. The van der Waals surface area contributed by atoms with Gasteiger partial charge in [0.2, 0.25) is 11.9 Å². The Bertz CT molecular complexity index is 779. The van der Waals surface area contributed by atoms with Gasteiger partial charge < -0.3 is 15.0 Å². The van der Waals surface area contributed by atoms with Gasteiger partial charge in [-0.2, -0.15) is 0 Å². The number of hydrogen-bond donors (Lipinski definition) is 1. The van der Waals surface area contributed by atoms with Crippen LogP contribution < -0.4 is 10.2 Å². The number of rotatable bonds is 7. The van der Waals surface area contributed by atoms with Gasteiger partial charge in [-0.25, -0.2) is 0 Å². The first-order chi connectivity index (χ1) is 13.1. The van der Waals surface area contributed by atoms with Crippen molar-refractivity contribution in [3.8, 4) is 0 Å². The number of aromatic nitrogens is 3. The topological polar surface area (TPSA) is 72.3 Å². The van der Waals surface area contributed by atoms with E-state index in [9.17, 15) is 4.79 Å². The van der Waals surface area contributed by atoms with Gasteiger partial charge in [0.1, 0.15) is 0 Å². The highest BCUT2D eigenvalue weighted by atomic mass is 35.5. The maximum absolute atomic E-state index is 12.4. The molecule has 0 radical (unpaired) electrons. The zero-order valence-electron chi connectivity index (χ0n) is 15.5. The second-order valence-corrected chi connectivity index (χ2v) is 7.58. The Hall–Kier alpha value is -1.77. The lowest BCUT2D eigenvalue weighted by molar-refractivity contribution is -0.119. The molecular weight excluding hydrogens is 386 g/mol. The van der Waals surface area contributed by atoms with Crippen molar-refractivity contribution < 1.29 is 9.53 Å². The van der Waals surface area contributed by atoms with Gasteiger partial charge in [0.15, 0.2) is 5.16 Å². The molecule has 1 amide bonds. The fraction of sp³-hybridized carbons (Fsp3) is 0.500. The summed E-state index contributed by atoms with van der Waals surface area (Å²) in [4.78, 5) is 14.5. The van der Waals surface area contributed by atoms with E-state index in [1.165, 1.54) is 11.8 Å². The first kappa shape index (κ1) is 20.0. The average Bonchev–Trinajstić information content (AvgIpc) is 3.10. The molecule has 0 spiro atoms. The van der Waals surface area contributed by atoms with Crippen LogP contribution in [0.5, 0.6) is 0 Å². The standard InChI is InChI=1S/C18H24ClN5O2S/c1-3-24-17(23-8-10-26-11-9-23)21-22-18(24)27-12-16(25)20-13(2)14-6-4-5-7-15(14)19/h4-7,13H,3,8-12H2,1-2H3,(H,20,25)/t13-/m1/s1. The SMILES string of the molecule is CCn1c(SCC(=O)N[C@H](C)c2ccccc2Cl)nnc1N1CCOCC1. The largest absolute Gasteiger partial charge is 0.378 e. The van der Waals surface area contributed by atoms with Gasteiger partial charge in [-0.15, -0.1) is 10.2 Å². The van der Waals surface area contributed by atoms with E-state index in [0.717, 1.165) is 36.3 Å². The minimum atomic E-state index is -0.153. The number of ether oxygens (including phenoxy) is 1. The molecule has 3 rings (SSSR count). The van der Waals surface area contributed by atoms with Crippen molar-refractivity contribution >= 4 is 35.2 Å². The van der Waals surface area contributed by atoms with Gasteiger partial charge in [-0.1, -0.05) is 41.6 Å². The molecule has 0 aliphatic carbocycles. The molecule has 0 saturated carbocycles. The molecule has 1 N–H and O–H groups in total. The van der Waals surface area contributed by atoms with Gasteiger partial charge in [-0.05, 0) is 25.5 Å². The van der Waals surface area contributed by atoms with Crippen LogP contribution in [-0.2, 0) is 16.1 Å². The van der Waals surface area contributed by atoms with E-state index in [0.29, 0.717) is 18.2 Å². The molecule has 1 saturated heterocycles. The summed E-state index contributed by atoms with van der Waals surface area (Å²) in [7, 11) is 0. The Morgan fingerprint density at radius 3 is 2.78 bits per heavy atom. The minimum absolute atomic E-state index is 0.0639. The highest BCUT2D eigenvalue weighted by Gasteiger charge is 2.20. The van der Waals surface area contributed by atoms with Crippen molar-refractivity contribution in [1.29, 1.82) is 0 Å². The van der Waals surface area contributed by atoms with Crippen molar-refractivity contribution in [3.05, 3.63) is 34.9 Å². The molecule has 2 heterocycles. The molecule has 0 unspecified atom stereocenters. The zero-order chi connectivity index (χ0) is 19.2. The summed E-state index contributed by atoms with van der Waals surface area (Å²) in [6.07, 6.45) is 0. The maximum atomic E-state index is 12.4. The minimum Gasteiger partial charge on any atom is -0.378 e. The van der Waals surface area contributed by atoms with Crippen LogP contribution in [0.2, 0.25) is 5.02 Å². The summed E-state index contributed by atoms with van der Waals surface area (Å²) in [6.45, 7) is 7.73. The van der Waals surface area contributed by atoms with Crippen LogP contribution in [0.1, 0.15) is 25.5 Å². The Balaban J connectivity index is 1.58. The molecule has 1 aromatic heterocycles. The molecule has 1 aliphatic rings. The molecule has 7 nitrogen and oxygen atoms in total. The van der Waals surface area contributed by atoms with Crippen LogP contribution in [0.25, 0.3) is 0 Å². The van der Waals surface area contributed by atoms with Crippen LogP contribution in [0.4, 0.5) is 5.95 Å². The second kappa shape index (κ2) is 9.43. The molecule has 0 bridgehead atoms. The highest BCUT2D eigenvalue weighted by Crippen LogP contribution is 2.24. The van der Waals surface area contributed by atoms with Gasteiger partial charge in [0.25, 0.3) is 0 Å². The van der Waals surface area contributed by atoms with Crippen LogP contribution in [-0.4, -0.2) is 52.7 Å². The number of hydrogen-bond acceptors (Lipinski definition) is 6. The Morgan fingerprint density at radius 2 is 2.07 bits per heavy atom. The zero-order valence-corrected chi connectivity index (χ0v) is 17.1. The smallest absolute Gasteiger partial charge is 0.230 e. The van der Waals surface area contributed by atoms with Crippen molar-refractivity contribution in [3.63, 3.8) is 0 Å². The lowest BCUT2D eigenvalue weighted by Gasteiger charge is -2.27. The predicted octanol–water partition coefficient (Wildman–Crippen LogP) is 2.76. The van der Waals surface area contributed by atoms with E-state index in [1.807, 2.05) is 35.8 Å². The molecule has 146 valence electrons. The van der Waals surface area contributed by atoms with E-state index in [4.69, 9.17) is 16.3 Å². The molecule has 9 heteroatoms.